The van der Waals surface area contributed by atoms with Gasteiger partial charge in [-0.25, -0.2) is 13.8 Å². The summed E-state index contributed by atoms with van der Waals surface area (Å²) in [5, 5.41) is 0. The third kappa shape index (κ3) is 5.14. The van der Waals surface area contributed by atoms with Gasteiger partial charge in [-0.1, -0.05) is 0 Å². The Labute approximate surface area is 179 Å². The SMILES string of the molecule is Cc1cc(OCC(=O)N2CCN(c3ccc(F)cc3)CC2)nc(-c2ccc(F)cc2)n1. The lowest BCUT2D eigenvalue weighted by Gasteiger charge is -2.36. The summed E-state index contributed by atoms with van der Waals surface area (Å²) >= 11 is 0. The number of aryl methyl sites for hydroxylation is 1. The number of hydrogen-bond acceptors (Lipinski definition) is 5. The quantitative estimate of drug-likeness (QED) is 0.628. The van der Waals surface area contributed by atoms with E-state index in [1.54, 1.807) is 42.2 Å². The summed E-state index contributed by atoms with van der Waals surface area (Å²) in [4.78, 5) is 25.1. The summed E-state index contributed by atoms with van der Waals surface area (Å²) in [5.41, 5.74) is 2.29. The van der Waals surface area contributed by atoms with Gasteiger partial charge in [-0.15, -0.1) is 0 Å². The van der Waals surface area contributed by atoms with E-state index in [0.717, 1.165) is 5.69 Å². The maximum Gasteiger partial charge on any atom is 0.260 e. The fourth-order valence-electron chi connectivity index (χ4n) is 3.43. The fourth-order valence-corrected chi connectivity index (χ4v) is 3.43. The summed E-state index contributed by atoms with van der Waals surface area (Å²) in [5.74, 6) is -0.0194. The highest BCUT2D eigenvalue weighted by molar-refractivity contribution is 5.78. The molecule has 31 heavy (non-hydrogen) atoms. The van der Waals surface area contributed by atoms with Crippen molar-refractivity contribution in [1.29, 1.82) is 0 Å². The van der Waals surface area contributed by atoms with Crippen molar-refractivity contribution in [3.8, 4) is 17.3 Å². The number of hydrogen-bond donors (Lipinski definition) is 0. The molecule has 0 N–H and O–H groups in total. The molecule has 0 atom stereocenters. The van der Waals surface area contributed by atoms with Crippen LogP contribution in [0.25, 0.3) is 11.4 Å². The highest BCUT2D eigenvalue weighted by Crippen LogP contribution is 2.20. The third-order valence-corrected chi connectivity index (χ3v) is 5.10. The van der Waals surface area contributed by atoms with Gasteiger partial charge in [0.25, 0.3) is 5.91 Å². The Hall–Kier alpha value is -3.55. The van der Waals surface area contributed by atoms with Crippen molar-refractivity contribution in [3.63, 3.8) is 0 Å². The van der Waals surface area contributed by atoms with Gasteiger partial charge < -0.3 is 14.5 Å². The number of nitrogens with zero attached hydrogens (tertiary/aromatic N) is 4. The number of carbonyl (C=O) groups excluding carboxylic acids is 1. The number of aromatic nitrogens is 2. The lowest BCUT2D eigenvalue weighted by molar-refractivity contribution is -0.133. The molecule has 0 aliphatic carbocycles. The number of amides is 1. The van der Waals surface area contributed by atoms with E-state index in [-0.39, 0.29) is 24.1 Å². The van der Waals surface area contributed by atoms with Crippen LogP contribution in [0, 0.1) is 18.6 Å². The first-order valence-electron chi connectivity index (χ1n) is 10.0. The minimum atomic E-state index is -0.335. The molecule has 0 bridgehead atoms. The second-order valence-electron chi connectivity index (χ2n) is 7.31. The molecule has 0 saturated carbocycles. The van der Waals surface area contributed by atoms with Crippen LogP contribution >= 0.6 is 0 Å². The molecule has 1 amide bonds. The number of carbonyl (C=O) groups is 1. The predicted molar refractivity (Wildman–Crippen MR) is 113 cm³/mol. The average Bonchev–Trinajstić information content (AvgIpc) is 2.78. The standard InChI is InChI=1S/C23H22F2N4O2/c1-16-14-21(27-23(26-16)17-2-4-18(24)5-3-17)31-15-22(30)29-12-10-28(11-13-29)20-8-6-19(25)7-9-20/h2-9,14H,10-13,15H2,1H3. The van der Waals surface area contributed by atoms with Gasteiger partial charge in [0.1, 0.15) is 11.6 Å². The molecular formula is C23H22F2N4O2. The van der Waals surface area contributed by atoms with E-state index in [1.165, 1.54) is 24.3 Å². The van der Waals surface area contributed by atoms with E-state index in [0.29, 0.717) is 49.1 Å². The Kier molecular flexibility index (Phi) is 6.06. The zero-order chi connectivity index (χ0) is 21.8. The van der Waals surface area contributed by atoms with E-state index < -0.39 is 0 Å². The number of halogens is 2. The van der Waals surface area contributed by atoms with Gasteiger partial charge in [0.15, 0.2) is 12.4 Å². The van der Waals surface area contributed by atoms with Crippen LogP contribution in [0.15, 0.2) is 54.6 Å². The Balaban J connectivity index is 1.34. The smallest absolute Gasteiger partial charge is 0.260 e. The van der Waals surface area contributed by atoms with Gasteiger partial charge in [0.2, 0.25) is 5.88 Å². The van der Waals surface area contributed by atoms with Crippen LogP contribution in [0.3, 0.4) is 0 Å². The van der Waals surface area contributed by atoms with E-state index in [2.05, 4.69) is 14.9 Å². The van der Waals surface area contributed by atoms with Gasteiger partial charge in [0.05, 0.1) is 0 Å². The molecular weight excluding hydrogens is 402 g/mol. The van der Waals surface area contributed by atoms with Crippen LogP contribution in [0.2, 0.25) is 0 Å². The first-order chi connectivity index (χ1) is 15.0. The Bertz CT molecular complexity index is 1050. The van der Waals surface area contributed by atoms with Crippen molar-refractivity contribution in [1.82, 2.24) is 14.9 Å². The topological polar surface area (TPSA) is 58.6 Å². The number of anilines is 1. The van der Waals surface area contributed by atoms with E-state index in [9.17, 15) is 13.6 Å². The highest BCUT2D eigenvalue weighted by Gasteiger charge is 2.22. The maximum atomic E-state index is 13.2. The molecule has 3 aromatic rings. The summed E-state index contributed by atoms with van der Waals surface area (Å²) in [7, 11) is 0. The first-order valence-corrected chi connectivity index (χ1v) is 10.0. The maximum absolute atomic E-state index is 13.2. The molecule has 1 aromatic heterocycles. The molecule has 8 heteroatoms. The highest BCUT2D eigenvalue weighted by atomic mass is 19.1. The zero-order valence-corrected chi connectivity index (χ0v) is 17.1. The Morgan fingerprint density at radius 3 is 2.19 bits per heavy atom. The van der Waals surface area contributed by atoms with Gasteiger partial charge in [-0.3, -0.25) is 4.79 Å². The lowest BCUT2D eigenvalue weighted by Crippen LogP contribution is -2.50. The zero-order valence-electron chi connectivity index (χ0n) is 17.1. The third-order valence-electron chi connectivity index (χ3n) is 5.10. The second kappa shape index (κ2) is 9.07. The largest absolute Gasteiger partial charge is 0.467 e. The predicted octanol–water partition coefficient (Wildman–Crippen LogP) is 3.46. The van der Waals surface area contributed by atoms with Gasteiger partial charge >= 0.3 is 0 Å². The van der Waals surface area contributed by atoms with E-state index in [1.807, 2.05) is 0 Å². The van der Waals surface area contributed by atoms with Crippen molar-refractivity contribution < 1.29 is 18.3 Å². The summed E-state index contributed by atoms with van der Waals surface area (Å²) in [6.45, 7) is 4.12. The monoisotopic (exact) mass is 424 g/mol. The summed E-state index contributed by atoms with van der Waals surface area (Å²) < 4.78 is 31.9. The van der Waals surface area contributed by atoms with Gasteiger partial charge in [-0.2, -0.15) is 4.98 Å². The first kappa shape index (κ1) is 20.7. The van der Waals surface area contributed by atoms with Gasteiger partial charge in [-0.05, 0) is 55.5 Å². The van der Waals surface area contributed by atoms with Crippen LogP contribution < -0.4 is 9.64 Å². The van der Waals surface area contributed by atoms with Crippen molar-refractivity contribution in [2.24, 2.45) is 0 Å². The number of rotatable bonds is 5. The fraction of sp³-hybridized carbons (Fsp3) is 0.261. The Morgan fingerprint density at radius 2 is 1.55 bits per heavy atom. The van der Waals surface area contributed by atoms with Crippen molar-refractivity contribution >= 4 is 11.6 Å². The van der Waals surface area contributed by atoms with Crippen LogP contribution in [-0.4, -0.2) is 53.6 Å². The normalized spacial score (nSPS) is 13.9. The molecule has 1 aliphatic heterocycles. The molecule has 4 rings (SSSR count). The minimum absolute atomic E-state index is 0.127. The van der Waals surface area contributed by atoms with Crippen LogP contribution in [0.1, 0.15) is 5.69 Å². The second-order valence-corrected chi connectivity index (χ2v) is 7.31. The Morgan fingerprint density at radius 1 is 0.935 bits per heavy atom. The molecule has 2 aromatic carbocycles. The van der Waals surface area contributed by atoms with E-state index in [4.69, 9.17) is 4.74 Å². The van der Waals surface area contributed by atoms with Crippen molar-refractivity contribution in [2.45, 2.75) is 6.92 Å². The van der Waals surface area contributed by atoms with Gasteiger partial charge in [0, 0.05) is 49.2 Å². The summed E-state index contributed by atoms with van der Waals surface area (Å²) in [6, 6.07) is 13.9. The molecule has 0 unspecified atom stereocenters. The molecule has 2 heterocycles. The molecule has 6 nitrogen and oxygen atoms in total. The van der Waals surface area contributed by atoms with Crippen molar-refractivity contribution in [2.75, 3.05) is 37.7 Å². The number of piperazine rings is 1. The number of benzene rings is 2. The average molecular weight is 424 g/mol. The molecule has 0 spiro atoms. The van der Waals surface area contributed by atoms with E-state index >= 15 is 0 Å². The summed E-state index contributed by atoms with van der Waals surface area (Å²) in [6.07, 6.45) is 0. The molecule has 160 valence electrons. The van der Waals surface area contributed by atoms with Crippen LogP contribution in [0.5, 0.6) is 5.88 Å². The number of ether oxygens (including phenoxy) is 1. The molecule has 1 aliphatic rings. The van der Waals surface area contributed by atoms with Crippen molar-refractivity contribution in [3.05, 3.63) is 71.9 Å². The molecule has 0 radical (unpaired) electrons. The minimum Gasteiger partial charge on any atom is -0.467 e. The lowest BCUT2D eigenvalue weighted by atomic mass is 10.2. The molecule has 1 saturated heterocycles. The molecule has 1 fully saturated rings. The van der Waals surface area contributed by atoms with Crippen LogP contribution in [-0.2, 0) is 4.79 Å². The van der Waals surface area contributed by atoms with Crippen LogP contribution in [0.4, 0.5) is 14.5 Å².